The summed E-state index contributed by atoms with van der Waals surface area (Å²) in [5.41, 5.74) is 0.824. The van der Waals surface area contributed by atoms with Crippen molar-refractivity contribution < 1.29 is 36.7 Å². The number of rotatable bonds is 10. The Morgan fingerprint density at radius 1 is 0.842 bits per heavy atom. The minimum Gasteiger partial charge on any atom is -0.468 e. The van der Waals surface area contributed by atoms with Crippen LogP contribution in [0.25, 0.3) is 0 Å². The van der Waals surface area contributed by atoms with Crippen molar-refractivity contribution in [3.63, 3.8) is 0 Å². The molecule has 3 amide bonds. The van der Waals surface area contributed by atoms with Crippen molar-refractivity contribution >= 4 is 33.7 Å². The molecule has 38 heavy (non-hydrogen) atoms. The summed E-state index contributed by atoms with van der Waals surface area (Å²) in [6, 6.07) is 13.2. The second kappa shape index (κ2) is 12.5. The van der Waals surface area contributed by atoms with Crippen LogP contribution in [0.1, 0.15) is 36.8 Å². The van der Waals surface area contributed by atoms with E-state index < -0.39 is 33.7 Å². The molecule has 13 heteroatoms. The van der Waals surface area contributed by atoms with E-state index in [1.165, 1.54) is 55.6 Å². The van der Waals surface area contributed by atoms with Crippen molar-refractivity contribution in [3.8, 4) is 0 Å². The monoisotopic (exact) mass is 542 g/mol. The van der Waals surface area contributed by atoms with E-state index in [4.69, 9.17) is 0 Å². The molecule has 3 aromatic rings. The molecule has 198 valence electrons. The van der Waals surface area contributed by atoms with Gasteiger partial charge in [0.1, 0.15) is 18.1 Å². The Kier molecular flexibility index (Phi) is 9.22. The molecule has 2 aromatic carbocycles. The highest BCUT2D eigenvalue weighted by Crippen LogP contribution is 2.12. The molecule has 0 saturated carbocycles. The predicted octanol–water partition coefficient (Wildman–Crippen LogP) is 1.21. The Bertz CT molecular complexity index is 1430. The highest BCUT2D eigenvalue weighted by Gasteiger charge is 2.20. The molecule has 0 aliphatic carbocycles. The summed E-state index contributed by atoms with van der Waals surface area (Å²) in [4.78, 5) is 51.4. The zero-order valence-electron chi connectivity index (χ0n) is 20.1. The molecule has 1 heterocycles. The lowest BCUT2D eigenvalue weighted by atomic mass is 10.1. The predicted molar refractivity (Wildman–Crippen MR) is 132 cm³/mol. The Balaban J connectivity index is 1.55. The average Bonchev–Trinajstić information content (AvgIpc) is 2.92. The van der Waals surface area contributed by atoms with Gasteiger partial charge in [0, 0.05) is 18.3 Å². The minimum atomic E-state index is -4.27. The molecule has 0 bridgehead atoms. The lowest BCUT2D eigenvalue weighted by Crippen LogP contribution is -2.32. The van der Waals surface area contributed by atoms with Crippen molar-refractivity contribution in [2.75, 3.05) is 20.2 Å². The Morgan fingerprint density at radius 2 is 1.50 bits per heavy atom. The number of nitrogens with zero attached hydrogens (tertiary/aromatic N) is 1. The van der Waals surface area contributed by atoms with Gasteiger partial charge in [-0.25, -0.2) is 17.5 Å². The molecule has 0 radical (unpaired) electrons. The Morgan fingerprint density at radius 3 is 2.11 bits per heavy atom. The zero-order valence-corrected chi connectivity index (χ0v) is 20.9. The zero-order chi connectivity index (χ0) is 27.7. The summed E-state index contributed by atoms with van der Waals surface area (Å²) in [7, 11) is -3.11. The van der Waals surface area contributed by atoms with Gasteiger partial charge in [0.15, 0.2) is 0 Å². The number of carbonyl (C=O) groups is 4. The minimum absolute atomic E-state index is 0.0974. The number of amides is 3. The smallest absolute Gasteiger partial charge is 0.325 e. The molecular weight excluding hydrogens is 519 g/mol. The van der Waals surface area contributed by atoms with Crippen LogP contribution in [0.2, 0.25) is 0 Å². The summed E-state index contributed by atoms with van der Waals surface area (Å²) in [5, 5.41) is 4.97. The van der Waals surface area contributed by atoms with Gasteiger partial charge in [-0.3, -0.25) is 24.2 Å². The standard InChI is InChI=1S/C25H23FN4O7S/c1-37-22(31)15-29-25(34)21-11-6-18(14-28-21)24(33)30-38(35,36)20-9-4-17(5-10-20)23(32)27-13-12-16-2-7-19(26)8-3-16/h2-11,14H,12-13,15H2,1H3,(H,27,32)(H,29,34)(H,30,33). The highest BCUT2D eigenvalue weighted by molar-refractivity contribution is 7.90. The number of sulfonamides is 1. The summed E-state index contributed by atoms with van der Waals surface area (Å²) in [6.07, 6.45) is 1.50. The van der Waals surface area contributed by atoms with Gasteiger partial charge in [0.25, 0.3) is 27.7 Å². The fourth-order valence-corrected chi connectivity index (χ4v) is 4.05. The number of hydrogen-bond acceptors (Lipinski definition) is 8. The topological polar surface area (TPSA) is 161 Å². The molecule has 0 spiro atoms. The van der Waals surface area contributed by atoms with Crippen molar-refractivity contribution in [1.82, 2.24) is 20.3 Å². The van der Waals surface area contributed by atoms with E-state index in [2.05, 4.69) is 20.4 Å². The molecule has 1 aromatic heterocycles. The van der Waals surface area contributed by atoms with Crippen LogP contribution in [-0.2, 0) is 26.0 Å². The number of pyridine rings is 1. The molecule has 0 aliphatic heterocycles. The number of methoxy groups -OCH3 is 1. The van der Waals surface area contributed by atoms with Gasteiger partial charge in [0.2, 0.25) is 0 Å². The first-order valence-corrected chi connectivity index (χ1v) is 12.6. The summed E-state index contributed by atoms with van der Waals surface area (Å²) >= 11 is 0. The number of nitrogens with one attached hydrogen (secondary N) is 3. The van der Waals surface area contributed by atoms with Gasteiger partial charge in [0.05, 0.1) is 17.6 Å². The maximum Gasteiger partial charge on any atom is 0.325 e. The molecule has 0 saturated heterocycles. The quantitative estimate of drug-likeness (QED) is 0.322. The Labute approximate surface area is 217 Å². The first-order valence-electron chi connectivity index (χ1n) is 11.1. The average molecular weight is 543 g/mol. The number of hydrogen-bond donors (Lipinski definition) is 3. The normalized spacial score (nSPS) is 10.8. The number of carbonyl (C=O) groups excluding carboxylic acids is 4. The maximum absolute atomic E-state index is 13.0. The Hall–Kier alpha value is -4.65. The highest BCUT2D eigenvalue weighted by atomic mass is 32.2. The third-order valence-corrected chi connectivity index (χ3v) is 6.49. The summed E-state index contributed by atoms with van der Waals surface area (Å²) < 4.78 is 44.5. The summed E-state index contributed by atoms with van der Waals surface area (Å²) in [5.74, 6) is -3.11. The molecule has 0 fully saturated rings. The third kappa shape index (κ3) is 7.67. The number of esters is 1. The third-order valence-electron chi connectivity index (χ3n) is 5.15. The van der Waals surface area contributed by atoms with Gasteiger partial charge in [-0.05, 0) is 60.5 Å². The van der Waals surface area contributed by atoms with Crippen molar-refractivity contribution in [2.45, 2.75) is 11.3 Å². The number of ether oxygens (including phenoxy) is 1. The van der Waals surface area contributed by atoms with E-state index in [0.717, 1.165) is 11.8 Å². The molecule has 11 nitrogen and oxygen atoms in total. The van der Waals surface area contributed by atoms with E-state index in [1.807, 2.05) is 4.72 Å². The van der Waals surface area contributed by atoms with Crippen LogP contribution in [0.15, 0.2) is 71.8 Å². The van der Waals surface area contributed by atoms with Crippen LogP contribution in [0.3, 0.4) is 0 Å². The first kappa shape index (κ1) is 27.9. The second-order valence-electron chi connectivity index (χ2n) is 7.78. The molecule has 0 atom stereocenters. The first-order chi connectivity index (χ1) is 18.1. The van der Waals surface area contributed by atoms with E-state index in [1.54, 1.807) is 12.1 Å². The van der Waals surface area contributed by atoms with E-state index in [-0.39, 0.29) is 34.1 Å². The van der Waals surface area contributed by atoms with Crippen LogP contribution in [0, 0.1) is 5.82 Å². The SMILES string of the molecule is COC(=O)CNC(=O)c1ccc(C(=O)NS(=O)(=O)c2ccc(C(=O)NCCc3ccc(F)cc3)cc2)cn1. The van der Waals surface area contributed by atoms with Crippen LogP contribution in [-0.4, -0.2) is 57.3 Å². The van der Waals surface area contributed by atoms with Crippen LogP contribution >= 0.6 is 0 Å². The van der Waals surface area contributed by atoms with Gasteiger partial charge >= 0.3 is 5.97 Å². The molecule has 3 N–H and O–H groups in total. The lowest BCUT2D eigenvalue weighted by molar-refractivity contribution is -0.139. The van der Waals surface area contributed by atoms with Gasteiger partial charge in [-0.15, -0.1) is 0 Å². The van der Waals surface area contributed by atoms with Crippen LogP contribution < -0.4 is 15.4 Å². The molecule has 3 rings (SSSR count). The fourth-order valence-electron chi connectivity index (χ4n) is 3.08. The van der Waals surface area contributed by atoms with E-state index in [9.17, 15) is 32.0 Å². The molecule has 0 aliphatic rings. The number of halogens is 1. The van der Waals surface area contributed by atoms with Gasteiger partial charge < -0.3 is 15.4 Å². The van der Waals surface area contributed by atoms with Gasteiger partial charge in [-0.1, -0.05) is 12.1 Å². The van der Waals surface area contributed by atoms with Crippen molar-refractivity contribution in [1.29, 1.82) is 0 Å². The largest absolute Gasteiger partial charge is 0.468 e. The molecule has 0 unspecified atom stereocenters. The maximum atomic E-state index is 13.0. The number of benzene rings is 2. The number of aromatic nitrogens is 1. The van der Waals surface area contributed by atoms with Gasteiger partial charge in [-0.2, -0.15) is 0 Å². The van der Waals surface area contributed by atoms with Crippen LogP contribution in [0.4, 0.5) is 4.39 Å². The van der Waals surface area contributed by atoms with E-state index >= 15 is 0 Å². The molecular formula is C25H23FN4O7S. The van der Waals surface area contributed by atoms with Crippen LogP contribution in [0.5, 0.6) is 0 Å². The van der Waals surface area contributed by atoms with Crippen molar-refractivity contribution in [3.05, 3.63) is 95.1 Å². The van der Waals surface area contributed by atoms with E-state index in [0.29, 0.717) is 13.0 Å². The fraction of sp³-hybridized carbons (Fsp3) is 0.160. The van der Waals surface area contributed by atoms with Crippen molar-refractivity contribution in [2.24, 2.45) is 0 Å². The second-order valence-corrected chi connectivity index (χ2v) is 9.46. The lowest BCUT2D eigenvalue weighted by Gasteiger charge is -2.09. The summed E-state index contributed by atoms with van der Waals surface area (Å²) in [6.45, 7) is -0.0751.